The van der Waals surface area contributed by atoms with Crippen LogP contribution in [0, 0.1) is 0 Å². The van der Waals surface area contributed by atoms with Crippen LogP contribution in [0.1, 0.15) is 34.8 Å². The first-order chi connectivity index (χ1) is 13.0. The molecule has 0 atom stereocenters. The zero-order chi connectivity index (χ0) is 19.2. The summed E-state index contributed by atoms with van der Waals surface area (Å²) in [6.45, 7) is 0.787. The van der Waals surface area contributed by atoms with Crippen LogP contribution in [0.2, 0.25) is 0 Å². The average molecular weight is 367 g/mol. The number of Topliss-reactive ketones (excluding diaryl/α,β-unsaturated/α-hetero) is 1. The Hall–Kier alpha value is -3.15. The summed E-state index contributed by atoms with van der Waals surface area (Å²) < 4.78 is 10.2. The number of benzene rings is 2. The van der Waals surface area contributed by atoms with E-state index >= 15 is 0 Å². The number of nitrogens with one attached hydrogen (secondary N) is 1. The van der Waals surface area contributed by atoms with Crippen LogP contribution in [0.25, 0.3) is 0 Å². The number of carbonyl (C=O) groups excluding carboxylic acids is 3. The quantitative estimate of drug-likeness (QED) is 0.601. The zero-order valence-electron chi connectivity index (χ0n) is 15.1. The molecule has 1 aliphatic rings. The maximum absolute atomic E-state index is 11.9. The highest BCUT2D eigenvalue weighted by Crippen LogP contribution is 2.24. The van der Waals surface area contributed by atoms with Gasteiger partial charge in [0.25, 0.3) is 5.91 Å². The van der Waals surface area contributed by atoms with Crippen molar-refractivity contribution in [1.29, 1.82) is 0 Å². The molecule has 0 radical (unpaired) electrons. The third-order valence-electron chi connectivity index (χ3n) is 4.36. The Labute approximate surface area is 157 Å². The SMILES string of the molecule is CC(=O)c1ccc(OCC(=O)OCC(=O)Nc2ccc3c(c2)CCC3)cc1. The Morgan fingerprint density at radius 2 is 1.70 bits per heavy atom. The standard InChI is InChI=1S/C21H21NO5/c1-14(23)15-6-9-19(10-7-15)26-13-21(25)27-12-20(24)22-18-8-5-16-3-2-4-17(16)11-18/h5-11H,2-4,12-13H2,1H3,(H,22,24). The van der Waals surface area contributed by atoms with Crippen molar-refractivity contribution in [3.63, 3.8) is 0 Å². The van der Waals surface area contributed by atoms with Gasteiger partial charge in [0.2, 0.25) is 0 Å². The number of ketones is 1. The minimum Gasteiger partial charge on any atom is -0.482 e. The second-order valence-electron chi connectivity index (χ2n) is 6.42. The minimum absolute atomic E-state index is 0.0460. The van der Waals surface area contributed by atoms with E-state index in [0.29, 0.717) is 17.0 Å². The maximum Gasteiger partial charge on any atom is 0.344 e. The van der Waals surface area contributed by atoms with Gasteiger partial charge in [0.05, 0.1) is 0 Å². The van der Waals surface area contributed by atoms with Crippen LogP contribution in [0.5, 0.6) is 5.75 Å². The van der Waals surface area contributed by atoms with Crippen molar-refractivity contribution in [2.75, 3.05) is 18.5 Å². The lowest BCUT2D eigenvalue weighted by Gasteiger charge is -2.09. The van der Waals surface area contributed by atoms with Gasteiger partial charge >= 0.3 is 5.97 Å². The number of ether oxygens (including phenoxy) is 2. The second kappa shape index (κ2) is 8.49. The van der Waals surface area contributed by atoms with E-state index in [1.54, 1.807) is 24.3 Å². The molecule has 2 aromatic rings. The van der Waals surface area contributed by atoms with Gasteiger partial charge in [0.15, 0.2) is 19.0 Å². The molecule has 0 unspecified atom stereocenters. The fraction of sp³-hybridized carbons (Fsp3) is 0.286. The fourth-order valence-electron chi connectivity index (χ4n) is 2.96. The molecule has 3 rings (SSSR count). The molecule has 2 aromatic carbocycles. The van der Waals surface area contributed by atoms with Crippen LogP contribution in [0.4, 0.5) is 5.69 Å². The average Bonchev–Trinajstić information content (AvgIpc) is 3.13. The first-order valence-corrected chi connectivity index (χ1v) is 8.82. The maximum atomic E-state index is 11.9. The van der Waals surface area contributed by atoms with Crippen molar-refractivity contribution in [3.8, 4) is 5.75 Å². The molecule has 0 spiro atoms. The molecule has 140 valence electrons. The molecule has 0 bridgehead atoms. The molecular weight excluding hydrogens is 346 g/mol. The first kappa shape index (κ1) is 18.6. The number of hydrogen-bond acceptors (Lipinski definition) is 5. The van der Waals surface area contributed by atoms with E-state index in [9.17, 15) is 14.4 Å². The summed E-state index contributed by atoms with van der Waals surface area (Å²) in [7, 11) is 0. The lowest BCUT2D eigenvalue weighted by molar-refractivity contribution is -0.149. The molecule has 1 aliphatic carbocycles. The van der Waals surface area contributed by atoms with Gasteiger partial charge in [0.1, 0.15) is 5.75 Å². The van der Waals surface area contributed by atoms with E-state index in [-0.39, 0.29) is 19.0 Å². The van der Waals surface area contributed by atoms with Crippen LogP contribution >= 0.6 is 0 Å². The highest BCUT2D eigenvalue weighted by Gasteiger charge is 2.13. The molecular formula is C21H21NO5. The largest absolute Gasteiger partial charge is 0.482 e. The molecule has 1 N–H and O–H groups in total. The van der Waals surface area contributed by atoms with E-state index in [2.05, 4.69) is 5.32 Å². The predicted octanol–water partition coefficient (Wildman–Crippen LogP) is 2.94. The lowest BCUT2D eigenvalue weighted by atomic mass is 10.1. The third kappa shape index (κ3) is 5.17. The van der Waals surface area contributed by atoms with Gasteiger partial charge in [-0.1, -0.05) is 6.07 Å². The van der Waals surface area contributed by atoms with Crippen molar-refractivity contribution >= 4 is 23.3 Å². The number of esters is 1. The number of hydrogen-bond donors (Lipinski definition) is 1. The number of anilines is 1. The van der Waals surface area contributed by atoms with Gasteiger partial charge in [-0.2, -0.15) is 0 Å². The molecule has 6 nitrogen and oxygen atoms in total. The normalized spacial score (nSPS) is 12.2. The Morgan fingerprint density at radius 1 is 0.963 bits per heavy atom. The monoisotopic (exact) mass is 367 g/mol. The van der Waals surface area contributed by atoms with Gasteiger partial charge < -0.3 is 14.8 Å². The minimum atomic E-state index is -0.644. The number of aryl methyl sites for hydroxylation is 2. The summed E-state index contributed by atoms with van der Waals surface area (Å²) >= 11 is 0. The summed E-state index contributed by atoms with van der Waals surface area (Å²) in [5, 5.41) is 2.73. The van der Waals surface area contributed by atoms with Crippen LogP contribution < -0.4 is 10.1 Å². The summed E-state index contributed by atoms with van der Waals surface area (Å²) in [6.07, 6.45) is 3.25. The molecule has 0 aliphatic heterocycles. The fourth-order valence-corrected chi connectivity index (χ4v) is 2.96. The molecule has 0 heterocycles. The van der Waals surface area contributed by atoms with Crippen LogP contribution in [0.15, 0.2) is 42.5 Å². The van der Waals surface area contributed by atoms with Crippen molar-refractivity contribution in [1.82, 2.24) is 0 Å². The molecule has 0 saturated heterocycles. The van der Waals surface area contributed by atoms with Crippen molar-refractivity contribution < 1.29 is 23.9 Å². The Bertz CT molecular complexity index is 857. The summed E-state index contributed by atoms with van der Waals surface area (Å²) in [5.41, 5.74) is 3.86. The van der Waals surface area contributed by atoms with Crippen LogP contribution in [-0.2, 0) is 27.2 Å². The van der Waals surface area contributed by atoms with Gasteiger partial charge in [-0.25, -0.2) is 4.79 Å². The summed E-state index contributed by atoms with van der Waals surface area (Å²) in [6, 6.07) is 12.3. The van der Waals surface area contributed by atoms with E-state index in [1.807, 2.05) is 18.2 Å². The van der Waals surface area contributed by atoms with Crippen molar-refractivity contribution in [2.24, 2.45) is 0 Å². The number of fused-ring (bicyclic) bond motifs is 1. The molecule has 0 saturated carbocycles. The molecule has 27 heavy (non-hydrogen) atoms. The lowest BCUT2D eigenvalue weighted by Crippen LogP contribution is -2.23. The second-order valence-corrected chi connectivity index (χ2v) is 6.42. The number of rotatable bonds is 7. The zero-order valence-corrected chi connectivity index (χ0v) is 15.1. The Balaban J connectivity index is 1.40. The molecule has 0 fully saturated rings. The Kier molecular flexibility index (Phi) is 5.86. The number of carbonyl (C=O) groups is 3. The van der Waals surface area contributed by atoms with E-state index in [4.69, 9.17) is 9.47 Å². The first-order valence-electron chi connectivity index (χ1n) is 8.82. The van der Waals surface area contributed by atoms with E-state index < -0.39 is 11.9 Å². The van der Waals surface area contributed by atoms with Gasteiger partial charge in [-0.05, 0) is 73.7 Å². The van der Waals surface area contributed by atoms with Gasteiger partial charge in [-0.3, -0.25) is 9.59 Å². The van der Waals surface area contributed by atoms with Gasteiger partial charge in [0, 0.05) is 11.3 Å². The van der Waals surface area contributed by atoms with E-state index in [0.717, 1.165) is 19.3 Å². The van der Waals surface area contributed by atoms with Crippen LogP contribution in [0.3, 0.4) is 0 Å². The molecule has 1 amide bonds. The molecule has 0 aromatic heterocycles. The van der Waals surface area contributed by atoms with Crippen LogP contribution in [-0.4, -0.2) is 30.9 Å². The smallest absolute Gasteiger partial charge is 0.344 e. The summed E-state index contributed by atoms with van der Waals surface area (Å²) in [4.78, 5) is 34.9. The molecule has 6 heteroatoms. The number of amides is 1. The predicted molar refractivity (Wildman–Crippen MR) is 100.0 cm³/mol. The third-order valence-corrected chi connectivity index (χ3v) is 4.36. The Morgan fingerprint density at radius 3 is 2.44 bits per heavy atom. The van der Waals surface area contributed by atoms with Crippen molar-refractivity contribution in [3.05, 3.63) is 59.2 Å². The highest BCUT2D eigenvalue weighted by atomic mass is 16.6. The van der Waals surface area contributed by atoms with Crippen molar-refractivity contribution in [2.45, 2.75) is 26.2 Å². The summed E-state index contributed by atoms with van der Waals surface area (Å²) in [5.74, 6) is -0.642. The van der Waals surface area contributed by atoms with Gasteiger partial charge in [-0.15, -0.1) is 0 Å². The van der Waals surface area contributed by atoms with E-state index in [1.165, 1.54) is 18.1 Å². The topological polar surface area (TPSA) is 81.7 Å². The highest BCUT2D eigenvalue weighted by molar-refractivity contribution is 5.94.